The number of methoxy groups -OCH3 is 1. The molecule has 0 bridgehead atoms. The molecule has 0 radical (unpaired) electrons. The molecule has 0 unspecified atom stereocenters. The predicted molar refractivity (Wildman–Crippen MR) is 49.5 cm³/mol. The highest BCUT2D eigenvalue weighted by Crippen LogP contribution is 1.95. The summed E-state index contributed by atoms with van der Waals surface area (Å²) in [7, 11) is 1.62. The Morgan fingerprint density at radius 1 is 1.58 bits per heavy atom. The fraction of sp³-hybridized carbons (Fsp3) is 0.875. The molecule has 12 heavy (non-hydrogen) atoms. The number of nitrogens with zero attached hydrogens (tertiary/aromatic N) is 1. The van der Waals surface area contributed by atoms with E-state index in [4.69, 9.17) is 16.3 Å². The highest BCUT2D eigenvalue weighted by atomic mass is 35.5. The molecule has 0 aliphatic rings. The molecule has 0 saturated carbocycles. The highest BCUT2D eigenvalue weighted by Gasteiger charge is 2.09. The quantitative estimate of drug-likeness (QED) is 0.592. The van der Waals surface area contributed by atoms with Crippen LogP contribution in [0.1, 0.15) is 13.3 Å². The standard InChI is InChI=1S/C8H16ClNO2/c1-3-10(6-7-12-2)8(11)4-5-9/h3-7H2,1-2H3. The third kappa shape index (κ3) is 4.57. The van der Waals surface area contributed by atoms with Crippen LogP contribution in [0.2, 0.25) is 0 Å². The number of carbonyl (C=O) groups excluding carboxylic acids is 1. The molecule has 0 saturated heterocycles. The van der Waals surface area contributed by atoms with Crippen molar-refractivity contribution in [3.63, 3.8) is 0 Å². The Morgan fingerprint density at radius 3 is 2.67 bits per heavy atom. The summed E-state index contributed by atoms with van der Waals surface area (Å²) in [6, 6.07) is 0. The number of hydrogen-bond donors (Lipinski definition) is 0. The van der Waals surface area contributed by atoms with Gasteiger partial charge in [-0.15, -0.1) is 11.6 Å². The van der Waals surface area contributed by atoms with Gasteiger partial charge in [-0.1, -0.05) is 0 Å². The minimum absolute atomic E-state index is 0.101. The van der Waals surface area contributed by atoms with Crippen LogP contribution < -0.4 is 0 Å². The number of rotatable bonds is 6. The molecule has 72 valence electrons. The van der Waals surface area contributed by atoms with Crippen LogP contribution in [0.25, 0.3) is 0 Å². The molecule has 0 aromatic heterocycles. The van der Waals surface area contributed by atoms with Crippen molar-refractivity contribution in [2.75, 3.05) is 32.7 Å². The van der Waals surface area contributed by atoms with Gasteiger partial charge in [0.05, 0.1) is 6.61 Å². The van der Waals surface area contributed by atoms with E-state index >= 15 is 0 Å². The summed E-state index contributed by atoms with van der Waals surface area (Å²) in [5.74, 6) is 0.493. The molecule has 1 amide bonds. The number of ether oxygens (including phenoxy) is 1. The van der Waals surface area contributed by atoms with Crippen LogP contribution in [-0.4, -0.2) is 43.5 Å². The van der Waals surface area contributed by atoms with Gasteiger partial charge in [0.15, 0.2) is 0 Å². The zero-order valence-corrected chi connectivity index (χ0v) is 8.43. The van der Waals surface area contributed by atoms with Crippen molar-refractivity contribution in [3.05, 3.63) is 0 Å². The van der Waals surface area contributed by atoms with Crippen molar-refractivity contribution in [1.82, 2.24) is 4.90 Å². The molecule has 0 atom stereocenters. The minimum atomic E-state index is 0.101. The van der Waals surface area contributed by atoms with E-state index in [9.17, 15) is 4.79 Å². The normalized spacial score (nSPS) is 9.92. The van der Waals surface area contributed by atoms with Crippen LogP contribution in [0, 0.1) is 0 Å². The Bertz CT molecular complexity index is 130. The van der Waals surface area contributed by atoms with Gasteiger partial charge in [-0.25, -0.2) is 0 Å². The molecule has 3 nitrogen and oxygen atoms in total. The number of alkyl halides is 1. The van der Waals surface area contributed by atoms with Crippen molar-refractivity contribution >= 4 is 17.5 Å². The first-order valence-corrected chi connectivity index (χ1v) is 4.62. The number of hydrogen-bond acceptors (Lipinski definition) is 2. The van der Waals surface area contributed by atoms with E-state index in [2.05, 4.69) is 0 Å². The minimum Gasteiger partial charge on any atom is -0.383 e. The number of likely N-dealkylation sites (N-methyl/N-ethyl adjacent to an activating group) is 1. The molecule has 0 fully saturated rings. The van der Waals surface area contributed by atoms with Crippen LogP contribution in [0.15, 0.2) is 0 Å². The molecule has 0 aromatic rings. The average molecular weight is 194 g/mol. The van der Waals surface area contributed by atoms with Gasteiger partial charge in [0, 0.05) is 32.5 Å². The van der Waals surface area contributed by atoms with Crippen LogP contribution in [0.3, 0.4) is 0 Å². The molecule has 0 heterocycles. The molecule has 0 spiro atoms. The van der Waals surface area contributed by atoms with E-state index in [0.29, 0.717) is 25.5 Å². The molecular formula is C8H16ClNO2. The zero-order chi connectivity index (χ0) is 9.40. The van der Waals surface area contributed by atoms with Gasteiger partial charge >= 0.3 is 0 Å². The van der Waals surface area contributed by atoms with E-state index in [0.717, 1.165) is 6.54 Å². The second-order valence-corrected chi connectivity index (χ2v) is 2.78. The highest BCUT2D eigenvalue weighted by molar-refractivity contribution is 6.18. The van der Waals surface area contributed by atoms with Crippen molar-refractivity contribution in [1.29, 1.82) is 0 Å². The lowest BCUT2D eigenvalue weighted by Gasteiger charge is -2.19. The van der Waals surface area contributed by atoms with Crippen molar-refractivity contribution in [3.8, 4) is 0 Å². The summed E-state index contributed by atoms with van der Waals surface area (Å²) in [6.45, 7) is 3.91. The maximum Gasteiger partial charge on any atom is 0.223 e. The smallest absolute Gasteiger partial charge is 0.223 e. The fourth-order valence-corrected chi connectivity index (χ4v) is 1.06. The summed E-state index contributed by atoms with van der Waals surface area (Å²) < 4.78 is 4.88. The van der Waals surface area contributed by atoms with E-state index in [1.807, 2.05) is 6.92 Å². The summed E-state index contributed by atoms with van der Waals surface area (Å²) in [4.78, 5) is 13.0. The molecular weight excluding hydrogens is 178 g/mol. The lowest BCUT2D eigenvalue weighted by Crippen LogP contribution is -2.33. The van der Waals surface area contributed by atoms with Crippen LogP contribution in [0.5, 0.6) is 0 Å². The van der Waals surface area contributed by atoms with Gasteiger partial charge < -0.3 is 9.64 Å². The Balaban J connectivity index is 3.71. The second kappa shape index (κ2) is 7.37. The van der Waals surface area contributed by atoms with Gasteiger partial charge in [0.2, 0.25) is 5.91 Å². The SMILES string of the molecule is CCN(CCOC)C(=O)CCCl. The number of carbonyl (C=O) groups is 1. The van der Waals surface area contributed by atoms with Gasteiger partial charge in [-0.2, -0.15) is 0 Å². The largest absolute Gasteiger partial charge is 0.383 e. The first-order valence-electron chi connectivity index (χ1n) is 4.09. The van der Waals surface area contributed by atoms with Gasteiger partial charge in [-0.05, 0) is 6.92 Å². The first kappa shape index (κ1) is 11.7. The topological polar surface area (TPSA) is 29.5 Å². The Labute approximate surface area is 78.6 Å². The Morgan fingerprint density at radius 2 is 2.25 bits per heavy atom. The maximum absolute atomic E-state index is 11.3. The van der Waals surface area contributed by atoms with Crippen molar-refractivity contribution < 1.29 is 9.53 Å². The van der Waals surface area contributed by atoms with E-state index in [-0.39, 0.29) is 5.91 Å². The second-order valence-electron chi connectivity index (χ2n) is 2.41. The van der Waals surface area contributed by atoms with Gasteiger partial charge in [0.25, 0.3) is 0 Å². The molecule has 0 N–H and O–H groups in total. The van der Waals surface area contributed by atoms with Gasteiger partial charge in [-0.3, -0.25) is 4.79 Å². The van der Waals surface area contributed by atoms with Crippen LogP contribution >= 0.6 is 11.6 Å². The zero-order valence-electron chi connectivity index (χ0n) is 7.68. The third-order valence-corrected chi connectivity index (χ3v) is 1.80. The number of halogens is 1. The summed E-state index contributed by atoms with van der Waals surface area (Å²) in [5, 5.41) is 0. The van der Waals surface area contributed by atoms with E-state index in [1.54, 1.807) is 12.0 Å². The maximum atomic E-state index is 11.3. The molecule has 0 aliphatic carbocycles. The van der Waals surface area contributed by atoms with Gasteiger partial charge in [0.1, 0.15) is 0 Å². The average Bonchev–Trinajstić information content (AvgIpc) is 2.06. The monoisotopic (exact) mass is 193 g/mol. The summed E-state index contributed by atoms with van der Waals surface area (Å²) in [5.41, 5.74) is 0. The van der Waals surface area contributed by atoms with E-state index in [1.165, 1.54) is 0 Å². The first-order chi connectivity index (χ1) is 5.76. The lowest BCUT2D eigenvalue weighted by molar-refractivity contribution is -0.131. The molecule has 0 rings (SSSR count). The van der Waals surface area contributed by atoms with E-state index < -0.39 is 0 Å². The third-order valence-electron chi connectivity index (χ3n) is 1.61. The molecule has 4 heteroatoms. The number of amides is 1. The Hall–Kier alpha value is -0.280. The van der Waals surface area contributed by atoms with Crippen LogP contribution in [-0.2, 0) is 9.53 Å². The Kier molecular flexibility index (Phi) is 7.20. The lowest BCUT2D eigenvalue weighted by atomic mass is 10.4. The predicted octanol–water partition coefficient (Wildman–Crippen LogP) is 1.11. The molecule has 0 aliphatic heterocycles. The van der Waals surface area contributed by atoms with Crippen LogP contribution in [0.4, 0.5) is 0 Å². The fourth-order valence-electron chi connectivity index (χ4n) is 0.900. The molecule has 0 aromatic carbocycles. The summed E-state index contributed by atoms with van der Waals surface area (Å²) in [6.07, 6.45) is 0.416. The summed E-state index contributed by atoms with van der Waals surface area (Å²) >= 11 is 5.45. The van der Waals surface area contributed by atoms with Crippen molar-refractivity contribution in [2.45, 2.75) is 13.3 Å². The van der Waals surface area contributed by atoms with Crippen molar-refractivity contribution in [2.24, 2.45) is 0 Å².